The molecule has 0 bridgehead atoms. The van der Waals surface area contributed by atoms with E-state index in [0.29, 0.717) is 0 Å². The Morgan fingerprint density at radius 3 is 2.56 bits per heavy atom. The van der Waals surface area contributed by atoms with Gasteiger partial charge in [0.2, 0.25) is 0 Å². The van der Waals surface area contributed by atoms with Crippen LogP contribution in [0.2, 0.25) is 0 Å². The molecule has 100 valence electrons. The van der Waals surface area contributed by atoms with Gasteiger partial charge < -0.3 is 5.11 Å². The fourth-order valence-corrected chi connectivity index (χ4v) is 2.60. The molecule has 0 heterocycles. The van der Waals surface area contributed by atoms with Gasteiger partial charge in [-0.25, -0.2) is 0 Å². The van der Waals surface area contributed by atoms with Crippen LogP contribution in [0.4, 0.5) is 0 Å². The van der Waals surface area contributed by atoms with E-state index in [4.69, 9.17) is 5.11 Å². The molecule has 3 nitrogen and oxygen atoms in total. The van der Waals surface area contributed by atoms with Crippen LogP contribution in [0.5, 0.6) is 0 Å². The van der Waals surface area contributed by atoms with Gasteiger partial charge in [-0.3, -0.25) is 9.69 Å². The standard InChI is InChI=1S/C14H20BrNO2/c1-4-13(11-6-5-7-12(15)8-11)16(10(2)3)9-14(17)18/h5-8,10,13H,4,9H2,1-3H3,(H,17,18). The van der Waals surface area contributed by atoms with Gasteiger partial charge in [-0.15, -0.1) is 0 Å². The Balaban J connectivity index is 3.01. The number of aliphatic carboxylic acids is 1. The van der Waals surface area contributed by atoms with Crippen LogP contribution in [0.15, 0.2) is 28.7 Å². The zero-order chi connectivity index (χ0) is 13.7. The fourth-order valence-electron chi connectivity index (χ4n) is 2.18. The smallest absolute Gasteiger partial charge is 0.317 e. The van der Waals surface area contributed by atoms with Gasteiger partial charge in [0.15, 0.2) is 0 Å². The number of carboxylic acids is 1. The highest BCUT2D eigenvalue weighted by Gasteiger charge is 2.23. The third kappa shape index (κ3) is 4.10. The summed E-state index contributed by atoms with van der Waals surface area (Å²) < 4.78 is 1.03. The Morgan fingerprint density at radius 1 is 1.44 bits per heavy atom. The third-order valence-corrected chi connectivity index (χ3v) is 3.49. The topological polar surface area (TPSA) is 40.5 Å². The number of benzene rings is 1. The van der Waals surface area contributed by atoms with Crippen LogP contribution in [0.1, 0.15) is 38.8 Å². The quantitative estimate of drug-likeness (QED) is 0.870. The van der Waals surface area contributed by atoms with Crippen LogP contribution < -0.4 is 0 Å². The maximum Gasteiger partial charge on any atom is 0.317 e. The van der Waals surface area contributed by atoms with Crippen molar-refractivity contribution in [2.24, 2.45) is 0 Å². The Bertz CT molecular complexity index is 407. The summed E-state index contributed by atoms with van der Waals surface area (Å²) in [4.78, 5) is 13.0. The molecule has 1 N–H and O–H groups in total. The lowest BCUT2D eigenvalue weighted by Crippen LogP contribution is -2.38. The number of nitrogens with zero attached hydrogens (tertiary/aromatic N) is 1. The lowest BCUT2D eigenvalue weighted by Gasteiger charge is -2.33. The monoisotopic (exact) mass is 313 g/mol. The highest BCUT2D eigenvalue weighted by molar-refractivity contribution is 9.10. The van der Waals surface area contributed by atoms with Crippen molar-refractivity contribution in [2.75, 3.05) is 6.54 Å². The normalized spacial score (nSPS) is 13.0. The van der Waals surface area contributed by atoms with Gasteiger partial charge in [0.05, 0.1) is 6.54 Å². The molecule has 0 amide bonds. The highest BCUT2D eigenvalue weighted by Crippen LogP contribution is 2.27. The predicted molar refractivity (Wildman–Crippen MR) is 76.7 cm³/mol. The molecule has 0 spiro atoms. The molecule has 1 atom stereocenters. The van der Waals surface area contributed by atoms with E-state index in [-0.39, 0.29) is 18.6 Å². The van der Waals surface area contributed by atoms with Gasteiger partial charge in [-0.1, -0.05) is 35.0 Å². The largest absolute Gasteiger partial charge is 0.480 e. The molecule has 1 aromatic rings. The first-order valence-electron chi connectivity index (χ1n) is 6.18. The second-order valence-corrected chi connectivity index (χ2v) is 5.55. The number of carbonyl (C=O) groups is 1. The molecular formula is C14H20BrNO2. The minimum atomic E-state index is -0.780. The predicted octanol–water partition coefficient (Wildman–Crippen LogP) is 3.70. The van der Waals surface area contributed by atoms with Crippen molar-refractivity contribution in [1.29, 1.82) is 0 Å². The summed E-state index contributed by atoms with van der Waals surface area (Å²) in [6, 6.07) is 8.42. The number of carboxylic acid groups (broad SMARTS) is 1. The lowest BCUT2D eigenvalue weighted by molar-refractivity contribution is -0.139. The average molecular weight is 314 g/mol. The summed E-state index contributed by atoms with van der Waals surface area (Å²) in [5.41, 5.74) is 1.15. The molecule has 4 heteroatoms. The average Bonchev–Trinajstić information content (AvgIpc) is 2.28. The molecule has 0 aliphatic carbocycles. The minimum Gasteiger partial charge on any atom is -0.480 e. The summed E-state index contributed by atoms with van der Waals surface area (Å²) in [7, 11) is 0. The Morgan fingerprint density at radius 2 is 2.11 bits per heavy atom. The first-order valence-corrected chi connectivity index (χ1v) is 6.98. The van der Waals surface area contributed by atoms with Crippen LogP contribution in [-0.4, -0.2) is 28.6 Å². The summed E-state index contributed by atoms with van der Waals surface area (Å²) >= 11 is 3.46. The van der Waals surface area contributed by atoms with Gasteiger partial charge in [-0.05, 0) is 38.0 Å². The lowest BCUT2D eigenvalue weighted by atomic mass is 10.0. The van der Waals surface area contributed by atoms with Crippen LogP contribution in [0.3, 0.4) is 0 Å². The SMILES string of the molecule is CCC(c1cccc(Br)c1)N(CC(=O)O)C(C)C. The van der Waals surface area contributed by atoms with E-state index >= 15 is 0 Å². The second kappa shape index (κ2) is 6.90. The fraction of sp³-hybridized carbons (Fsp3) is 0.500. The molecule has 0 saturated heterocycles. The van der Waals surface area contributed by atoms with E-state index in [9.17, 15) is 4.79 Å². The zero-order valence-corrected chi connectivity index (χ0v) is 12.6. The van der Waals surface area contributed by atoms with Crippen molar-refractivity contribution in [3.63, 3.8) is 0 Å². The number of hydrogen-bond donors (Lipinski definition) is 1. The van der Waals surface area contributed by atoms with E-state index in [1.54, 1.807) is 0 Å². The van der Waals surface area contributed by atoms with Crippen LogP contribution in [0, 0.1) is 0 Å². The summed E-state index contributed by atoms with van der Waals surface area (Å²) in [6.45, 7) is 6.22. The van der Waals surface area contributed by atoms with E-state index in [1.165, 1.54) is 0 Å². The number of hydrogen-bond acceptors (Lipinski definition) is 2. The Hall–Kier alpha value is -0.870. The van der Waals surface area contributed by atoms with Crippen molar-refractivity contribution in [3.8, 4) is 0 Å². The van der Waals surface area contributed by atoms with Crippen molar-refractivity contribution < 1.29 is 9.90 Å². The second-order valence-electron chi connectivity index (χ2n) is 4.64. The molecular weight excluding hydrogens is 294 g/mol. The van der Waals surface area contributed by atoms with E-state index in [2.05, 4.69) is 35.0 Å². The van der Waals surface area contributed by atoms with Crippen LogP contribution >= 0.6 is 15.9 Å². The summed E-state index contributed by atoms with van der Waals surface area (Å²) in [6.07, 6.45) is 0.891. The number of halogens is 1. The van der Waals surface area contributed by atoms with Gasteiger partial charge in [0.1, 0.15) is 0 Å². The molecule has 18 heavy (non-hydrogen) atoms. The zero-order valence-electron chi connectivity index (χ0n) is 11.1. The molecule has 0 radical (unpaired) electrons. The van der Waals surface area contributed by atoms with Crippen LogP contribution in [-0.2, 0) is 4.79 Å². The Kier molecular flexibility index (Phi) is 5.82. The molecule has 0 aliphatic rings. The minimum absolute atomic E-state index is 0.0721. The maximum absolute atomic E-state index is 11.0. The summed E-state index contributed by atoms with van der Waals surface area (Å²) in [5.74, 6) is -0.780. The molecule has 0 saturated carbocycles. The molecule has 0 fully saturated rings. The van der Waals surface area contributed by atoms with Gasteiger partial charge >= 0.3 is 5.97 Å². The molecule has 1 unspecified atom stereocenters. The number of rotatable bonds is 6. The van der Waals surface area contributed by atoms with Crippen LogP contribution in [0.25, 0.3) is 0 Å². The molecule has 1 aromatic carbocycles. The van der Waals surface area contributed by atoms with E-state index < -0.39 is 5.97 Å². The molecule has 0 aromatic heterocycles. The first-order chi connectivity index (χ1) is 8.45. The van der Waals surface area contributed by atoms with Crippen molar-refractivity contribution in [1.82, 2.24) is 4.90 Å². The first kappa shape index (κ1) is 15.2. The molecule has 1 rings (SSSR count). The van der Waals surface area contributed by atoms with Gasteiger partial charge in [0.25, 0.3) is 0 Å². The van der Waals surface area contributed by atoms with Gasteiger partial charge in [-0.2, -0.15) is 0 Å². The van der Waals surface area contributed by atoms with E-state index in [1.807, 2.05) is 30.9 Å². The Labute approximate surface area is 117 Å². The van der Waals surface area contributed by atoms with Crippen molar-refractivity contribution in [2.45, 2.75) is 39.3 Å². The van der Waals surface area contributed by atoms with Crippen molar-refractivity contribution >= 4 is 21.9 Å². The van der Waals surface area contributed by atoms with Crippen molar-refractivity contribution in [3.05, 3.63) is 34.3 Å². The van der Waals surface area contributed by atoms with E-state index in [0.717, 1.165) is 16.5 Å². The maximum atomic E-state index is 11.0. The summed E-state index contributed by atoms with van der Waals surface area (Å²) in [5, 5.41) is 9.03. The molecule has 0 aliphatic heterocycles. The van der Waals surface area contributed by atoms with Gasteiger partial charge in [0, 0.05) is 16.6 Å². The third-order valence-electron chi connectivity index (χ3n) is 3.00. The highest BCUT2D eigenvalue weighted by atomic mass is 79.9.